The van der Waals surface area contributed by atoms with Crippen molar-refractivity contribution in [3.8, 4) is 0 Å². The van der Waals surface area contributed by atoms with E-state index in [0.717, 1.165) is 6.92 Å². The standard InChI is InChI=1S/C18H18F3N5O2/c1-3-14-24-13(7-27-14)15-23-6-9-4-11(19)10(5-12(9)25-15)17(2)18(20,21)8-28-16(22)26-17/h4-5,7H,3,6,8H2,1-2H3,(H2,22,26)(H,23,25). The Morgan fingerprint density at radius 2 is 2.11 bits per heavy atom. The first-order chi connectivity index (χ1) is 13.2. The van der Waals surface area contributed by atoms with Gasteiger partial charge in [0.2, 0.25) is 0 Å². The molecule has 148 valence electrons. The summed E-state index contributed by atoms with van der Waals surface area (Å²) >= 11 is 0. The van der Waals surface area contributed by atoms with Crippen LogP contribution in [0.2, 0.25) is 0 Å². The highest BCUT2D eigenvalue weighted by atomic mass is 19.3. The maximum atomic E-state index is 14.8. The van der Waals surface area contributed by atoms with Crippen molar-refractivity contribution >= 4 is 17.5 Å². The van der Waals surface area contributed by atoms with Gasteiger partial charge in [0.1, 0.15) is 17.8 Å². The van der Waals surface area contributed by atoms with Crippen molar-refractivity contribution in [2.24, 2.45) is 15.7 Å². The van der Waals surface area contributed by atoms with Gasteiger partial charge in [0, 0.05) is 23.2 Å². The van der Waals surface area contributed by atoms with Gasteiger partial charge in [0.15, 0.2) is 23.9 Å². The summed E-state index contributed by atoms with van der Waals surface area (Å²) in [6, 6.07) is 2.09. The van der Waals surface area contributed by atoms with Crippen LogP contribution in [0.3, 0.4) is 0 Å². The second-order valence-corrected chi connectivity index (χ2v) is 6.77. The second kappa shape index (κ2) is 6.25. The lowest BCUT2D eigenvalue weighted by Crippen LogP contribution is -2.51. The molecular formula is C18H18F3N5O2. The first-order valence-corrected chi connectivity index (χ1v) is 8.68. The highest BCUT2D eigenvalue weighted by Gasteiger charge is 2.56. The van der Waals surface area contributed by atoms with Crippen molar-refractivity contribution in [1.82, 2.24) is 4.98 Å². The van der Waals surface area contributed by atoms with Crippen LogP contribution in [-0.2, 0) is 23.2 Å². The molecule has 1 unspecified atom stereocenters. The van der Waals surface area contributed by atoms with Crippen LogP contribution in [0.25, 0.3) is 0 Å². The number of nitrogens with one attached hydrogen (secondary N) is 1. The summed E-state index contributed by atoms with van der Waals surface area (Å²) in [6.45, 7) is 2.23. The number of anilines is 1. The number of nitrogens with zero attached hydrogens (tertiary/aromatic N) is 3. The quantitative estimate of drug-likeness (QED) is 0.836. The Labute approximate surface area is 158 Å². The number of aliphatic imine (C=N–C) groups is 2. The SMILES string of the molecule is CCc1nc(C2=NCc3cc(F)c(C4(C)N=C(N)OCC4(F)F)cc3N2)co1. The molecule has 2 aromatic rings. The van der Waals surface area contributed by atoms with Gasteiger partial charge in [0.05, 0.1) is 6.54 Å². The summed E-state index contributed by atoms with van der Waals surface area (Å²) in [5.41, 5.74) is 4.46. The molecule has 10 heteroatoms. The average molecular weight is 393 g/mol. The molecule has 28 heavy (non-hydrogen) atoms. The molecule has 1 atom stereocenters. The summed E-state index contributed by atoms with van der Waals surface area (Å²) in [5.74, 6) is -3.29. The number of amidine groups is 2. The Morgan fingerprint density at radius 3 is 2.82 bits per heavy atom. The number of rotatable bonds is 3. The van der Waals surface area contributed by atoms with E-state index < -0.39 is 29.9 Å². The number of benzene rings is 1. The molecule has 0 amide bonds. The van der Waals surface area contributed by atoms with E-state index in [1.54, 1.807) is 0 Å². The smallest absolute Gasteiger partial charge is 0.310 e. The fourth-order valence-electron chi connectivity index (χ4n) is 3.19. The van der Waals surface area contributed by atoms with E-state index in [1.807, 2.05) is 6.92 Å². The number of fused-ring (bicyclic) bond motifs is 1. The van der Waals surface area contributed by atoms with Crippen molar-refractivity contribution in [2.75, 3.05) is 11.9 Å². The third kappa shape index (κ3) is 2.79. The summed E-state index contributed by atoms with van der Waals surface area (Å²) in [7, 11) is 0. The number of ether oxygens (including phenoxy) is 1. The molecule has 0 spiro atoms. The van der Waals surface area contributed by atoms with Crippen molar-refractivity contribution in [2.45, 2.75) is 38.3 Å². The molecule has 0 aliphatic carbocycles. The number of aryl methyl sites for hydroxylation is 1. The van der Waals surface area contributed by atoms with Gasteiger partial charge in [-0.1, -0.05) is 6.92 Å². The zero-order chi connectivity index (χ0) is 20.1. The lowest BCUT2D eigenvalue weighted by molar-refractivity contribution is -0.117. The Bertz CT molecular complexity index is 1000. The first kappa shape index (κ1) is 18.3. The van der Waals surface area contributed by atoms with Crippen LogP contribution in [0.1, 0.15) is 36.6 Å². The molecular weight excluding hydrogens is 375 g/mol. The fraction of sp³-hybridized carbons (Fsp3) is 0.389. The Kier molecular flexibility index (Phi) is 4.09. The summed E-state index contributed by atoms with van der Waals surface area (Å²) < 4.78 is 53.9. The molecule has 0 saturated heterocycles. The van der Waals surface area contributed by atoms with Gasteiger partial charge < -0.3 is 20.2 Å². The number of nitrogens with two attached hydrogens (primary N) is 1. The zero-order valence-corrected chi connectivity index (χ0v) is 15.2. The number of hydrogen-bond acceptors (Lipinski definition) is 7. The Morgan fingerprint density at radius 1 is 1.32 bits per heavy atom. The second-order valence-electron chi connectivity index (χ2n) is 6.77. The lowest BCUT2D eigenvalue weighted by atomic mass is 9.84. The zero-order valence-electron chi connectivity index (χ0n) is 15.2. The van der Waals surface area contributed by atoms with Gasteiger partial charge in [-0.15, -0.1) is 0 Å². The van der Waals surface area contributed by atoms with Gasteiger partial charge in [0.25, 0.3) is 6.02 Å². The van der Waals surface area contributed by atoms with Crippen LogP contribution < -0.4 is 11.1 Å². The minimum atomic E-state index is -3.45. The molecule has 7 nitrogen and oxygen atoms in total. The van der Waals surface area contributed by atoms with E-state index in [-0.39, 0.29) is 12.1 Å². The molecule has 2 aliphatic rings. The summed E-state index contributed by atoms with van der Waals surface area (Å²) in [6.07, 6.45) is 2.08. The van der Waals surface area contributed by atoms with Gasteiger partial charge in [-0.2, -0.15) is 8.78 Å². The highest BCUT2D eigenvalue weighted by molar-refractivity contribution is 6.08. The number of alkyl halides is 2. The van der Waals surface area contributed by atoms with E-state index in [2.05, 4.69) is 25.0 Å². The summed E-state index contributed by atoms with van der Waals surface area (Å²) in [4.78, 5) is 12.4. The number of aromatic nitrogens is 1. The minimum Gasteiger partial charge on any atom is -0.459 e. The van der Waals surface area contributed by atoms with Crippen LogP contribution >= 0.6 is 0 Å². The fourth-order valence-corrected chi connectivity index (χ4v) is 3.19. The van der Waals surface area contributed by atoms with Gasteiger partial charge in [-0.25, -0.2) is 14.4 Å². The topological polar surface area (TPSA) is 98.0 Å². The summed E-state index contributed by atoms with van der Waals surface area (Å²) in [5, 5.41) is 3.02. The normalized spacial score (nSPS) is 23.2. The third-order valence-electron chi connectivity index (χ3n) is 4.92. The molecule has 4 rings (SSSR count). The number of halogens is 3. The largest absolute Gasteiger partial charge is 0.459 e. The van der Waals surface area contributed by atoms with Crippen molar-refractivity contribution < 1.29 is 22.3 Å². The molecule has 3 heterocycles. The maximum absolute atomic E-state index is 14.8. The highest BCUT2D eigenvalue weighted by Crippen LogP contribution is 2.45. The van der Waals surface area contributed by atoms with E-state index in [9.17, 15) is 13.2 Å². The number of hydrogen-bond donors (Lipinski definition) is 2. The first-order valence-electron chi connectivity index (χ1n) is 8.68. The molecule has 3 N–H and O–H groups in total. The molecule has 1 aromatic carbocycles. The van der Waals surface area contributed by atoms with Crippen LogP contribution in [0, 0.1) is 5.82 Å². The van der Waals surface area contributed by atoms with Crippen molar-refractivity contribution in [3.63, 3.8) is 0 Å². The maximum Gasteiger partial charge on any atom is 0.310 e. The van der Waals surface area contributed by atoms with Crippen molar-refractivity contribution in [1.29, 1.82) is 0 Å². The molecule has 0 saturated carbocycles. The lowest BCUT2D eigenvalue weighted by Gasteiger charge is -2.38. The molecule has 0 fully saturated rings. The van der Waals surface area contributed by atoms with Gasteiger partial charge >= 0.3 is 5.92 Å². The van der Waals surface area contributed by atoms with Crippen LogP contribution in [0.4, 0.5) is 18.9 Å². The average Bonchev–Trinajstić information content (AvgIpc) is 3.13. The predicted octanol–water partition coefficient (Wildman–Crippen LogP) is 2.94. The predicted molar refractivity (Wildman–Crippen MR) is 96.0 cm³/mol. The molecule has 0 radical (unpaired) electrons. The minimum absolute atomic E-state index is 0.171. The van der Waals surface area contributed by atoms with E-state index in [1.165, 1.54) is 18.4 Å². The van der Waals surface area contributed by atoms with Crippen LogP contribution in [-0.4, -0.2) is 29.4 Å². The monoisotopic (exact) mass is 393 g/mol. The van der Waals surface area contributed by atoms with Gasteiger partial charge in [-0.05, 0) is 19.1 Å². The molecule has 1 aromatic heterocycles. The Balaban J connectivity index is 1.74. The van der Waals surface area contributed by atoms with E-state index in [4.69, 9.17) is 10.2 Å². The number of oxazole rings is 1. The molecule has 0 bridgehead atoms. The Hall–Kier alpha value is -3.04. The van der Waals surface area contributed by atoms with Crippen LogP contribution in [0.15, 0.2) is 32.8 Å². The van der Waals surface area contributed by atoms with Gasteiger partial charge in [-0.3, -0.25) is 4.99 Å². The molecule has 2 aliphatic heterocycles. The van der Waals surface area contributed by atoms with Crippen LogP contribution in [0.5, 0.6) is 0 Å². The van der Waals surface area contributed by atoms with E-state index >= 15 is 0 Å². The van der Waals surface area contributed by atoms with E-state index in [0.29, 0.717) is 35.1 Å². The van der Waals surface area contributed by atoms with Crippen molar-refractivity contribution in [3.05, 3.63) is 46.9 Å². The third-order valence-corrected chi connectivity index (χ3v) is 4.92.